The van der Waals surface area contributed by atoms with Crippen molar-refractivity contribution in [1.29, 1.82) is 0 Å². The molecule has 1 unspecified atom stereocenters. The van der Waals surface area contributed by atoms with Gasteiger partial charge in [-0.2, -0.15) is 0 Å². The lowest BCUT2D eigenvalue weighted by molar-refractivity contribution is 0.0642. The summed E-state index contributed by atoms with van der Waals surface area (Å²) in [7, 11) is 1.85. The fourth-order valence-electron chi connectivity index (χ4n) is 3.68. The Morgan fingerprint density at radius 1 is 1.25 bits per heavy atom. The number of hydrogen-bond acceptors (Lipinski definition) is 5. The van der Waals surface area contributed by atoms with Crippen LogP contribution in [0.2, 0.25) is 0 Å². The summed E-state index contributed by atoms with van der Waals surface area (Å²) in [5.41, 5.74) is 3.21. The van der Waals surface area contributed by atoms with Crippen LogP contribution in [0.5, 0.6) is 0 Å². The van der Waals surface area contributed by atoms with Gasteiger partial charge in [0.2, 0.25) is 0 Å². The number of nitrogens with zero attached hydrogens (tertiary/aromatic N) is 5. The summed E-state index contributed by atoms with van der Waals surface area (Å²) < 4.78 is 1.71. The zero-order chi connectivity index (χ0) is 18.6. The van der Waals surface area contributed by atoms with E-state index in [9.17, 15) is 4.79 Å². The number of pyridine rings is 1. The van der Waals surface area contributed by atoms with Crippen molar-refractivity contribution in [1.82, 2.24) is 30.2 Å². The minimum Gasteiger partial charge on any atom is -0.330 e. The molecule has 0 aliphatic carbocycles. The van der Waals surface area contributed by atoms with Gasteiger partial charge in [0.15, 0.2) is 0 Å². The van der Waals surface area contributed by atoms with Crippen molar-refractivity contribution in [3.8, 4) is 0 Å². The average Bonchev–Trinajstić information content (AvgIpc) is 2.90. The Balaban J connectivity index is 0.00000225. The minimum atomic E-state index is 0. The van der Waals surface area contributed by atoms with Crippen LogP contribution in [0.3, 0.4) is 0 Å². The fourth-order valence-corrected chi connectivity index (χ4v) is 3.68. The fraction of sp³-hybridized carbons (Fsp3) is 0.400. The normalized spacial score (nSPS) is 17.0. The van der Waals surface area contributed by atoms with Gasteiger partial charge in [0.25, 0.3) is 5.91 Å². The van der Waals surface area contributed by atoms with Crippen LogP contribution in [0.15, 0.2) is 42.6 Å². The SMILES string of the molecule is Cl.Cn1nnc2cc(C(=O)N(Cc3ccccn3)C3CCCNCC3)ccc21. The molecule has 1 amide bonds. The molecule has 1 atom stereocenters. The number of nitrogens with one attached hydrogen (secondary N) is 1. The molecule has 0 radical (unpaired) electrons. The molecule has 148 valence electrons. The van der Waals surface area contributed by atoms with Gasteiger partial charge in [-0.05, 0) is 62.7 Å². The van der Waals surface area contributed by atoms with E-state index in [0.717, 1.165) is 49.1 Å². The lowest BCUT2D eigenvalue weighted by Crippen LogP contribution is -2.40. The average molecular weight is 401 g/mol. The highest BCUT2D eigenvalue weighted by Crippen LogP contribution is 2.21. The van der Waals surface area contributed by atoms with Gasteiger partial charge in [0, 0.05) is 24.8 Å². The third kappa shape index (κ3) is 4.31. The van der Waals surface area contributed by atoms with Gasteiger partial charge < -0.3 is 10.2 Å². The second kappa shape index (κ2) is 9.12. The Kier molecular flexibility index (Phi) is 6.59. The molecular formula is C20H25ClN6O. The molecular weight excluding hydrogens is 376 g/mol. The van der Waals surface area contributed by atoms with E-state index < -0.39 is 0 Å². The van der Waals surface area contributed by atoms with Crippen LogP contribution in [-0.4, -0.2) is 49.9 Å². The van der Waals surface area contributed by atoms with Gasteiger partial charge in [0.05, 0.1) is 17.8 Å². The van der Waals surface area contributed by atoms with Crippen molar-refractivity contribution in [2.45, 2.75) is 31.8 Å². The smallest absolute Gasteiger partial charge is 0.254 e. The molecule has 28 heavy (non-hydrogen) atoms. The molecule has 7 nitrogen and oxygen atoms in total. The second-order valence-electron chi connectivity index (χ2n) is 7.01. The highest BCUT2D eigenvalue weighted by Gasteiger charge is 2.26. The number of benzene rings is 1. The van der Waals surface area contributed by atoms with Crippen LogP contribution in [-0.2, 0) is 13.6 Å². The molecule has 1 N–H and O–H groups in total. The molecule has 0 bridgehead atoms. The molecule has 0 spiro atoms. The Hall–Kier alpha value is -2.51. The molecule has 3 heterocycles. The predicted octanol–water partition coefficient (Wildman–Crippen LogP) is 2.57. The van der Waals surface area contributed by atoms with E-state index >= 15 is 0 Å². The van der Waals surface area contributed by atoms with Crippen molar-refractivity contribution in [3.63, 3.8) is 0 Å². The third-order valence-corrected chi connectivity index (χ3v) is 5.16. The van der Waals surface area contributed by atoms with Crippen molar-refractivity contribution in [2.24, 2.45) is 7.05 Å². The summed E-state index contributed by atoms with van der Waals surface area (Å²) in [4.78, 5) is 19.8. The predicted molar refractivity (Wildman–Crippen MR) is 110 cm³/mol. The summed E-state index contributed by atoms with van der Waals surface area (Å²) in [6.45, 7) is 2.45. The molecule has 1 aliphatic rings. The number of halogens is 1. The molecule has 3 aromatic rings. The highest BCUT2D eigenvalue weighted by molar-refractivity contribution is 5.97. The highest BCUT2D eigenvalue weighted by atomic mass is 35.5. The molecule has 4 rings (SSSR count). The van der Waals surface area contributed by atoms with Crippen molar-refractivity contribution < 1.29 is 4.79 Å². The first-order chi connectivity index (χ1) is 13.2. The van der Waals surface area contributed by atoms with Crippen molar-refractivity contribution in [3.05, 3.63) is 53.9 Å². The lowest BCUT2D eigenvalue weighted by Gasteiger charge is -2.31. The molecule has 8 heteroatoms. The largest absolute Gasteiger partial charge is 0.330 e. The Labute approximate surface area is 170 Å². The van der Waals surface area contributed by atoms with Gasteiger partial charge in [-0.3, -0.25) is 9.78 Å². The maximum absolute atomic E-state index is 13.4. The summed E-state index contributed by atoms with van der Waals surface area (Å²) in [6, 6.07) is 11.7. The number of carbonyl (C=O) groups excluding carboxylic acids is 1. The monoisotopic (exact) mass is 400 g/mol. The van der Waals surface area contributed by atoms with Crippen molar-refractivity contribution in [2.75, 3.05) is 13.1 Å². The first-order valence-corrected chi connectivity index (χ1v) is 9.43. The third-order valence-electron chi connectivity index (χ3n) is 5.16. The Morgan fingerprint density at radius 3 is 2.96 bits per heavy atom. The Morgan fingerprint density at radius 2 is 2.14 bits per heavy atom. The lowest BCUT2D eigenvalue weighted by atomic mass is 10.0. The van der Waals surface area contributed by atoms with E-state index in [1.807, 2.05) is 48.3 Å². The second-order valence-corrected chi connectivity index (χ2v) is 7.01. The summed E-state index contributed by atoms with van der Waals surface area (Å²) >= 11 is 0. The number of fused-ring (bicyclic) bond motifs is 1. The van der Waals surface area contributed by atoms with Gasteiger partial charge in [-0.25, -0.2) is 4.68 Å². The zero-order valence-corrected chi connectivity index (χ0v) is 16.7. The van der Waals surface area contributed by atoms with E-state index in [2.05, 4.69) is 20.6 Å². The van der Waals surface area contributed by atoms with Crippen LogP contribution in [0.4, 0.5) is 0 Å². The zero-order valence-electron chi connectivity index (χ0n) is 15.9. The molecule has 0 saturated carbocycles. The van der Waals surface area contributed by atoms with E-state index in [4.69, 9.17) is 0 Å². The maximum atomic E-state index is 13.4. The number of hydrogen-bond donors (Lipinski definition) is 1. The molecule has 1 saturated heterocycles. The van der Waals surface area contributed by atoms with E-state index in [1.165, 1.54) is 0 Å². The number of aryl methyl sites for hydroxylation is 1. The van der Waals surface area contributed by atoms with E-state index in [0.29, 0.717) is 12.1 Å². The quantitative estimate of drug-likeness (QED) is 0.728. The molecule has 2 aromatic heterocycles. The van der Waals surface area contributed by atoms with E-state index in [1.54, 1.807) is 10.9 Å². The maximum Gasteiger partial charge on any atom is 0.254 e. The van der Waals surface area contributed by atoms with Crippen LogP contribution >= 0.6 is 12.4 Å². The molecule has 1 fully saturated rings. The van der Waals surface area contributed by atoms with Gasteiger partial charge in [-0.15, -0.1) is 17.5 Å². The van der Waals surface area contributed by atoms with Crippen LogP contribution in [0, 0.1) is 0 Å². The number of aromatic nitrogens is 4. The van der Waals surface area contributed by atoms with E-state index in [-0.39, 0.29) is 24.4 Å². The van der Waals surface area contributed by atoms with Crippen LogP contribution in [0.25, 0.3) is 11.0 Å². The molecule has 1 aromatic carbocycles. The standard InChI is InChI=1S/C20H24N6O.ClH/c1-25-19-8-7-15(13-18(19)23-24-25)20(27)26(14-16-5-2-3-11-22-16)17-6-4-10-21-12-9-17;/h2-3,5,7-8,11,13,17,21H,4,6,9-10,12,14H2,1H3;1H. The summed E-state index contributed by atoms with van der Waals surface area (Å²) in [5.74, 6) is 0.0279. The van der Waals surface area contributed by atoms with Crippen LogP contribution in [0.1, 0.15) is 35.3 Å². The van der Waals surface area contributed by atoms with Gasteiger partial charge >= 0.3 is 0 Å². The van der Waals surface area contributed by atoms with Crippen LogP contribution < -0.4 is 5.32 Å². The first kappa shape index (κ1) is 20.2. The van der Waals surface area contributed by atoms with Gasteiger partial charge in [-0.1, -0.05) is 11.3 Å². The topological polar surface area (TPSA) is 75.9 Å². The Bertz CT molecular complexity index is 921. The van der Waals surface area contributed by atoms with Crippen molar-refractivity contribution >= 4 is 29.3 Å². The molecule has 1 aliphatic heterocycles. The minimum absolute atomic E-state index is 0. The summed E-state index contributed by atoms with van der Waals surface area (Å²) in [5, 5.41) is 11.6. The first-order valence-electron chi connectivity index (χ1n) is 9.43. The number of rotatable bonds is 4. The van der Waals surface area contributed by atoms with Gasteiger partial charge in [0.1, 0.15) is 5.52 Å². The number of carbonyl (C=O) groups is 1. The summed E-state index contributed by atoms with van der Waals surface area (Å²) in [6.07, 6.45) is 4.79. The number of amides is 1.